The third-order valence-corrected chi connectivity index (χ3v) is 6.25. The van der Waals surface area contributed by atoms with E-state index in [0.717, 1.165) is 50.2 Å². The van der Waals surface area contributed by atoms with Crippen molar-refractivity contribution < 1.29 is 0 Å². The zero-order valence-corrected chi connectivity index (χ0v) is 18.9. The van der Waals surface area contributed by atoms with E-state index in [1.807, 2.05) is 24.8 Å². The van der Waals surface area contributed by atoms with Gasteiger partial charge in [0.2, 0.25) is 0 Å². The number of aromatic nitrogens is 6. The third kappa shape index (κ3) is 3.54. The minimum atomic E-state index is 0.331. The summed E-state index contributed by atoms with van der Waals surface area (Å²) in [6.07, 6.45) is 7.37. The van der Waals surface area contributed by atoms with Crippen LogP contribution in [0.2, 0.25) is 0 Å². The van der Waals surface area contributed by atoms with Gasteiger partial charge in [-0.25, -0.2) is 9.97 Å². The van der Waals surface area contributed by atoms with E-state index in [1.165, 1.54) is 5.56 Å². The molecule has 0 radical (unpaired) electrons. The van der Waals surface area contributed by atoms with Gasteiger partial charge in [0.05, 0.1) is 17.1 Å². The summed E-state index contributed by atoms with van der Waals surface area (Å²) in [6, 6.07) is 10.8. The van der Waals surface area contributed by atoms with Crippen molar-refractivity contribution in [1.29, 1.82) is 0 Å². The zero-order valence-electron chi connectivity index (χ0n) is 18.1. The van der Waals surface area contributed by atoms with Crippen LogP contribution in [0.15, 0.2) is 65.9 Å². The summed E-state index contributed by atoms with van der Waals surface area (Å²) in [5, 5.41) is 17.3. The Labute approximate surface area is 194 Å². The molecule has 0 aliphatic rings. The average molecular weight is 452 g/mol. The standard InChI is InChI=1S/C25H21N7S/c1-14(2)29-18-7-16(10-26-12-18)17-8-21-23(31-32-25(21)28-11-17)22-9-20-19(15-4-6-33-13-15)3-5-27-24(20)30-22/h3-14,29H,1-2H3,(H,27,30)(H,28,31,32). The van der Waals surface area contributed by atoms with Crippen LogP contribution in [0.1, 0.15) is 13.8 Å². The minimum Gasteiger partial charge on any atom is -0.382 e. The Kier molecular flexibility index (Phi) is 4.66. The predicted octanol–water partition coefficient (Wildman–Crippen LogP) is 6.11. The van der Waals surface area contributed by atoms with E-state index in [-0.39, 0.29) is 0 Å². The number of rotatable bonds is 5. The molecule has 6 heterocycles. The molecule has 6 aromatic heterocycles. The van der Waals surface area contributed by atoms with E-state index in [0.29, 0.717) is 11.7 Å². The van der Waals surface area contributed by atoms with Crippen molar-refractivity contribution in [2.75, 3.05) is 5.32 Å². The highest BCUT2D eigenvalue weighted by molar-refractivity contribution is 7.08. The Hall–Kier alpha value is -4.04. The van der Waals surface area contributed by atoms with Gasteiger partial charge < -0.3 is 10.3 Å². The van der Waals surface area contributed by atoms with E-state index < -0.39 is 0 Å². The number of hydrogen-bond acceptors (Lipinski definition) is 6. The molecule has 6 rings (SSSR count). The highest BCUT2D eigenvalue weighted by atomic mass is 32.1. The fourth-order valence-electron chi connectivity index (χ4n) is 4.10. The van der Waals surface area contributed by atoms with Crippen LogP contribution in [-0.2, 0) is 0 Å². The first-order chi connectivity index (χ1) is 16.2. The summed E-state index contributed by atoms with van der Waals surface area (Å²) < 4.78 is 0. The van der Waals surface area contributed by atoms with Gasteiger partial charge in [-0.05, 0) is 66.1 Å². The lowest BCUT2D eigenvalue weighted by Crippen LogP contribution is -2.09. The molecule has 0 amide bonds. The first-order valence-corrected chi connectivity index (χ1v) is 11.7. The molecule has 0 aromatic carbocycles. The van der Waals surface area contributed by atoms with Gasteiger partial charge in [-0.1, -0.05) is 0 Å². The molecule has 8 heteroatoms. The van der Waals surface area contributed by atoms with E-state index >= 15 is 0 Å². The number of thiophene rings is 1. The molecule has 0 bridgehead atoms. The summed E-state index contributed by atoms with van der Waals surface area (Å²) in [5.74, 6) is 0. The predicted molar refractivity (Wildman–Crippen MR) is 134 cm³/mol. The molecule has 33 heavy (non-hydrogen) atoms. The van der Waals surface area contributed by atoms with Crippen molar-refractivity contribution in [2.24, 2.45) is 0 Å². The molecule has 6 aromatic rings. The molecule has 162 valence electrons. The molecular formula is C25H21N7S. The van der Waals surface area contributed by atoms with E-state index in [9.17, 15) is 0 Å². The maximum absolute atomic E-state index is 4.59. The zero-order chi connectivity index (χ0) is 22.4. The summed E-state index contributed by atoms with van der Waals surface area (Å²) in [7, 11) is 0. The quantitative estimate of drug-likeness (QED) is 0.294. The second-order valence-electron chi connectivity index (χ2n) is 8.27. The summed E-state index contributed by atoms with van der Waals surface area (Å²) >= 11 is 1.69. The van der Waals surface area contributed by atoms with Crippen LogP contribution < -0.4 is 5.32 Å². The highest BCUT2D eigenvalue weighted by Gasteiger charge is 2.15. The second kappa shape index (κ2) is 7.83. The number of hydrogen-bond donors (Lipinski definition) is 3. The number of aromatic amines is 2. The number of nitrogens with zero attached hydrogens (tertiary/aromatic N) is 4. The molecular weight excluding hydrogens is 430 g/mol. The number of nitrogens with one attached hydrogen (secondary N) is 3. The van der Waals surface area contributed by atoms with Crippen molar-refractivity contribution in [3.63, 3.8) is 0 Å². The van der Waals surface area contributed by atoms with Crippen LogP contribution in [0.3, 0.4) is 0 Å². The van der Waals surface area contributed by atoms with Crippen molar-refractivity contribution >= 4 is 39.1 Å². The van der Waals surface area contributed by atoms with E-state index in [1.54, 1.807) is 11.3 Å². The lowest BCUT2D eigenvalue weighted by Gasteiger charge is -2.10. The number of pyridine rings is 3. The monoisotopic (exact) mass is 451 g/mol. The maximum Gasteiger partial charge on any atom is 0.181 e. The molecule has 0 atom stereocenters. The minimum absolute atomic E-state index is 0.331. The summed E-state index contributed by atoms with van der Waals surface area (Å²) in [4.78, 5) is 17.0. The Morgan fingerprint density at radius 2 is 1.85 bits per heavy atom. The van der Waals surface area contributed by atoms with Crippen LogP contribution in [-0.4, -0.2) is 36.2 Å². The first-order valence-electron chi connectivity index (χ1n) is 10.7. The maximum atomic E-state index is 4.59. The van der Waals surface area contributed by atoms with Gasteiger partial charge in [0.1, 0.15) is 5.65 Å². The molecule has 0 saturated carbocycles. The summed E-state index contributed by atoms with van der Waals surface area (Å²) in [5.41, 5.74) is 8.65. The van der Waals surface area contributed by atoms with Gasteiger partial charge in [-0.3, -0.25) is 10.1 Å². The molecule has 0 aliphatic carbocycles. The van der Waals surface area contributed by atoms with Crippen molar-refractivity contribution in [3.05, 3.63) is 65.9 Å². The topological polar surface area (TPSA) is 95.2 Å². The molecule has 7 nitrogen and oxygen atoms in total. The number of H-pyrrole nitrogens is 2. The Morgan fingerprint density at radius 1 is 0.939 bits per heavy atom. The van der Waals surface area contributed by atoms with Gasteiger partial charge >= 0.3 is 0 Å². The molecule has 0 unspecified atom stereocenters. The van der Waals surface area contributed by atoms with Crippen LogP contribution in [0.5, 0.6) is 0 Å². The SMILES string of the molecule is CC(C)Nc1cncc(-c2cnc3n[nH]c(-c4cc5c(-c6ccsc6)ccnc5[nH]4)c3c2)c1. The van der Waals surface area contributed by atoms with Crippen molar-refractivity contribution in [3.8, 4) is 33.6 Å². The van der Waals surface area contributed by atoms with Crippen LogP contribution in [0.25, 0.3) is 55.7 Å². The van der Waals surface area contributed by atoms with Crippen molar-refractivity contribution in [2.45, 2.75) is 19.9 Å². The van der Waals surface area contributed by atoms with Crippen LogP contribution >= 0.6 is 11.3 Å². The van der Waals surface area contributed by atoms with E-state index in [2.05, 4.69) is 90.4 Å². The van der Waals surface area contributed by atoms with Gasteiger partial charge in [-0.15, -0.1) is 0 Å². The first kappa shape index (κ1) is 19.6. The normalized spacial score (nSPS) is 11.6. The fraction of sp³-hybridized carbons (Fsp3) is 0.120. The molecule has 0 fully saturated rings. The van der Waals surface area contributed by atoms with Gasteiger partial charge in [-0.2, -0.15) is 16.4 Å². The molecule has 0 spiro atoms. The largest absolute Gasteiger partial charge is 0.382 e. The van der Waals surface area contributed by atoms with Gasteiger partial charge in [0, 0.05) is 52.7 Å². The number of anilines is 1. The van der Waals surface area contributed by atoms with Crippen LogP contribution in [0, 0.1) is 0 Å². The smallest absolute Gasteiger partial charge is 0.181 e. The van der Waals surface area contributed by atoms with Crippen molar-refractivity contribution in [1.82, 2.24) is 30.1 Å². The van der Waals surface area contributed by atoms with Crippen LogP contribution in [0.4, 0.5) is 5.69 Å². The third-order valence-electron chi connectivity index (χ3n) is 5.57. The lowest BCUT2D eigenvalue weighted by atomic mass is 10.1. The Morgan fingerprint density at radius 3 is 2.70 bits per heavy atom. The van der Waals surface area contributed by atoms with E-state index in [4.69, 9.17) is 0 Å². The highest BCUT2D eigenvalue weighted by Crippen LogP contribution is 2.34. The molecule has 0 saturated heterocycles. The lowest BCUT2D eigenvalue weighted by molar-refractivity contribution is 0.898. The molecule has 0 aliphatic heterocycles. The van der Waals surface area contributed by atoms with Gasteiger partial charge in [0.15, 0.2) is 5.65 Å². The molecule has 3 N–H and O–H groups in total. The Bertz CT molecular complexity index is 1580. The second-order valence-corrected chi connectivity index (χ2v) is 9.05. The Balaban J connectivity index is 1.45. The summed E-state index contributed by atoms with van der Waals surface area (Å²) in [6.45, 7) is 4.22. The fourth-order valence-corrected chi connectivity index (χ4v) is 4.76. The number of fused-ring (bicyclic) bond motifs is 2. The van der Waals surface area contributed by atoms with Gasteiger partial charge in [0.25, 0.3) is 0 Å². The average Bonchev–Trinajstić information content (AvgIpc) is 3.57.